The summed E-state index contributed by atoms with van der Waals surface area (Å²) >= 11 is 0. The van der Waals surface area contributed by atoms with E-state index in [1.807, 2.05) is 6.92 Å². The smallest absolute Gasteiger partial charge is 0.303 e. The predicted molar refractivity (Wildman–Crippen MR) is 174 cm³/mol. The molecule has 0 bridgehead atoms. The number of primary amides is 1. The van der Waals surface area contributed by atoms with Gasteiger partial charge in [0, 0.05) is 26.2 Å². The van der Waals surface area contributed by atoms with E-state index in [1.165, 1.54) is 19.1 Å². The number of aliphatic carboxylic acids is 1. The van der Waals surface area contributed by atoms with Crippen LogP contribution in [0.4, 0.5) is 0 Å². The number of hydrogen-bond donors (Lipinski definition) is 8. The van der Waals surface area contributed by atoms with Crippen LogP contribution in [0, 0.1) is 5.92 Å². The van der Waals surface area contributed by atoms with Crippen LogP contribution in [0.15, 0.2) is 54.6 Å². The molecule has 2 aromatic carbocycles. The third-order valence-electron chi connectivity index (χ3n) is 7.53. The number of phenolic OH excluding ortho intramolecular Hbond substituents is 1. The van der Waals surface area contributed by atoms with Gasteiger partial charge in [-0.05, 0) is 35.6 Å². The van der Waals surface area contributed by atoms with Gasteiger partial charge in [0.1, 0.15) is 29.9 Å². The van der Waals surface area contributed by atoms with E-state index < -0.39 is 78.5 Å². The molecule has 0 aliphatic rings. The summed E-state index contributed by atoms with van der Waals surface area (Å²) in [5, 5.41) is 31.3. The number of nitrogens with one attached hydrogen (secondary N) is 5. The van der Waals surface area contributed by atoms with E-state index >= 15 is 0 Å². The lowest BCUT2D eigenvalue weighted by atomic mass is 9.97. The van der Waals surface area contributed by atoms with Crippen molar-refractivity contribution < 1.29 is 43.8 Å². The summed E-state index contributed by atoms with van der Waals surface area (Å²) in [7, 11) is 0. The van der Waals surface area contributed by atoms with Gasteiger partial charge in [0.2, 0.25) is 35.4 Å². The first-order valence-electron chi connectivity index (χ1n) is 15.5. The molecule has 48 heavy (non-hydrogen) atoms. The Morgan fingerprint density at radius 3 is 1.90 bits per heavy atom. The number of carboxylic acid groups (broad SMARTS) is 1. The van der Waals surface area contributed by atoms with Gasteiger partial charge in [0.15, 0.2) is 0 Å². The quantitative estimate of drug-likeness (QED) is 0.0973. The van der Waals surface area contributed by atoms with Crippen molar-refractivity contribution in [3.63, 3.8) is 0 Å². The zero-order valence-electron chi connectivity index (χ0n) is 27.2. The summed E-state index contributed by atoms with van der Waals surface area (Å²) in [6, 6.07) is 9.96. The highest BCUT2D eigenvalue weighted by atomic mass is 16.4. The van der Waals surface area contributed by atoms with Crippen molar-refractivity contribution in [3.05, 3.63) is 65.7 Å². The minimum atomic E-state index is -1.38. The van der Waals surface area contributed by atoms with Crippen molar-refractivity contribution in [3.8, 4) is 5.75 Å². The molecule has 2 aromatic rings. The average Bonchev–Trinajstić information content (AvgIpc) is 3.04. The lowest BCUT2D eigenvalue weighted by molar-refractivity contribution is -0.138. The van der Waals surface area contributed by atoms with Crippen molar-refractivity contribution in [2.24, 2.45) is 11.7 Å². The number of carbonyl (C=O) groups excluding carboxylic acids is 6. The number of aromatic hydroxyl groups is 1. The van der Waals surface area contributed by atoms with Crippen LogP contribution in [0.1, 0.15) is 51.2 Å². The van der Waals surface area contributed by atoms with Crippen molar-refractivity contribution >= 4 is 41.4 Å². The molecule has 15 nitrogen and oxygen atoms in total. The molecule has 2 rings (SSSR count). The maximum Gasteiger partial charge on any atom is 0.303 e. The molecule has 260 valence electrons. The Labute approximate surface area is 278 Å². The van der Waals surface area contributed by atoms with Crippen LogP contribution in [-0.2, 0) is 46.4 Å². The molecule has 5 atom stereocenters. The molecule has 0 radical (unpaired) electrons. The summed E-state index contributed by atoms with van der Waals surface area (Å²) in [5.41, 5.74) is 6.76. The second-order valence-electron chi connectivity index (χ2n) is 11.4. The number of nitrogens with two attached hydrogens (primary N) is 1. The molecule has 0 heterocycles. The number of carboxylic acids is 1. The number of amides is 6. The van der Waals surface area contributed by atoms with E-state index in [9.17, 15) is 43.8 Å². The highest BCUT2D eigenvalue weighted by molar-refractivity contribution is 5.95. The SMILES string of the molecule is CCC(C)C(NC(C)=O)C(=O)NC(Cc1ccc(O)cc1)C(=O)NCC(=O)NC(CCC(=O)O)C(=O)NC(Cc1ccccc1)C(N)=O. The summed E-state index contributed by atoms with van der Waals surface area (Å²) in [6.07, 6.45) is -0.233. The van der Waals surface area contributed by atoms with E-state index in [0.717, 1.165) is 0 Å². The van der Waals surface area contributed by atoms with Gasteiger partial charge in [-0.3, -0.25) is 33.6 Å². The molecule has 0 saturated heterocycles. The van der Waals surface area contributed by atoms with Crippen molar-refractivity contribution in [1.29, 1.82) is 0 Å². The predicted octanol–water partition coefficient (Wildman–Crippen LogP) is -0.351. The number of hydrogen-bond acceptors (Lipinski definition) is 8. The molecular formula is C33H44N6O9. The van der Waals surface area contributed by atoms with E-state index in [2.05, 4.69) is 26.6 Å². The average molecular weight is 669 g/mol. The molecule has 0 saturated carbocycles. The van der Waals surface area contributed by atoms with Crippen LogP contribution >= 0.6 is 0 Å². The molecule has 0 aliphatic carbocycles. The summed E-state index contributed by atoms with van der Waals surface area (Å²) in [5.74, 6) is -5.85. The molecule has 6 amide bonds. The largest absolute Gasteiger partial charge is 0.508 e. The van der Waals surface area contributed by atoms with Gasteiger partial charge in [-0.1, -0.05) is 62.7 Å². The highest BCUT2D eigenvalue weighted by Gasteiger charge is 2.30. The van der Waals surface area contributed by atoms with Crippen LogP contribution < -0.4 is 32.3 Å². The van der Waals surface area contributed by atoms with Gasteiger partial charge in [0.05, 0.1) is 6.54 Å². The Bertz CT molecular complexity index is 1430. The van der Waals surface area contributed by atoms with Gasteiger partial charge in [-0.25, -0.2) is 0 Å². The Balaban J connectivity index is 2.16. The molecule has 0 spiro atoms. The first-order valence-corrected chi connectivity index (χ1v) is 15.5. The summed E-state index contributed by atoms with van der Waals surface area (Å²) < 4.78 is 0. The number of rotatable bonds is 19. The third-order valence-corrected chi connectivity index (χ3v) is 7.53. The first-order chi connectivity index (χ1) is 22.7. The van der Waals surface area contributed by atoms with Gasteiger partial charge in [0.25, 0.3) is 0 Å². The number of benzene rings is 2. The molecule has 5 unspecified atom stereocenters. The van der Waals surface area contributed by atoms with E-state index in [-0.39, 0.29) is 30.9 Å². The maximum atomic E-state index is 13.3. The normalized spacial score (nSPS) is 13.8. The van der Waals surface area contributed by atoms with Gasteiger partial charge >= 0.3 is 5.97 Å². The van der Waals surface area contributed by atoms with Crippen LogP contribution in [0.25, 0.3) is 0 Å². The monoisotopic (exact) mass is 668 g/mol. The van der Waals surface area contributed by atoms with Crippen molar-refractivity contribution in [2.45, 2.75) is 77.0 Å². The Morgan fingerprint density at radius 1 is 0.750 bits per heavy atom. The van der Waals surface area contributed by atoms with E-state index in [1.54, 1.807) is 49.4 Å². The van der Waals surface area contributed by atoms with Gasteiger partial charge in [-0.2, -0.15) is 0 Å². The van der Waals surface area contributed by atoms with E-state index in [0.29, 0.717) is 17.5 Å². The molecule has 0 aromatic heterocycles. The van der Waals surface area contributed by atoms with Gasteiger partial charge < -0.3 is 42.5 Å². The van der Waals surface area contributed by atoms with Gasteiger partial charge in [-0.15, -0.1) is 0 Å². The molecule has 0 fully saturated rings. The zero-order valence-corrected chi connectivity index (χ0v) is 27.2. The first kappa shape index (κ1) is 38.7. The summed E-state index contributed by atoms with van der Waals surface area (Å²) in [4.78, 5) is 87.7. The van der Waals surface area contributed by atoms with E-state index in [4.69, 9.17) is 5.73 Å². The molecule has 9 N–H and O–H groups in total. The lowest BCUT2D eigenvalue weighted by Crippen LogP contribution is -2.57. The second-order valence-corrected chi connectivity index (χ2v) is 11.4. The molecule has 0 aliphatic heterocycles. The Hall–Kier alpha value is -5.47. The minimum Gasteiger partial charge on any atom is -0.508 e. The lowest BCUT2D eigenvalue weighted by Gasteiger charge is -2.26. The fourth-order valence-corrected chi connectivity index (χ4v) is 4.68. The van der Waals surface area contributed by atoms with Crippen molar-refractivity contribution in [2.75, 3.05) is 6.54 Å². The van der Waals surface area contributed by atoms with Crippen molar-refractivity contribution in [1.82, 2.24) is 26.6 Å². The molecule has 15 heteroatoms. The van der Waals surface area contributed by atoms with Crippen LogP contribution in [0.3, 0.4) is 0 Å². The van der Waals surface area contributed by atoms with Crippen LogP contribution in [0.2, 0.25) is 0 Å². The Morgan fingerprint density at radius 2 is 1.33 bits per heavy atom. The third kappa shape index (κ3) is 13.5. The number of phenols is 1. The highest BCUT2D eigenvalue weighted by Crippen LogP contribution is 2.13. The second kappa shape index (κ2) is 19.3. The van der Waals surface area contributed by atoms with Crippen LogP contribution in [0.5, 0.6) is 5.75 Å². The zero-order chi connectivity index (χ0) is 35.8. The standard InChI is InChI=1S/C33H44N6O9/c1-4-19(2)29(36-20(3)40)33(48)39-26(17-22-10-12-23(41)13-11-22)31(46)35-18-27(42)37-24(14-15-28(43)44)32(47)38-25(30(34)45)16-21-8-6-5-7-9-21/h5-13,19,24-26,29,41H,4,14-18H2,1-3H3,(H2,34,45)(H,35,46)(H,36,40)(H,37,42)(H,38,47)(H,39,48)(H,43,44). The molecular weight excluding hydrogens is 624 g/mol. The maximum absolute atomic E-state index is 13.3. The summed E-state index contributed by atoms with van der Waals surface area (Å²) in [6.45, 7) is 4.22. The topological polar surface area (TPSA) is 246 Å². The minimum absolute atomic E-state index is 0.00773. The number of carbonyl (C=O) groups is 7. The fraction of sp³-hybridized carbons (Fsp3) is 0.424. The van der Waals surface area contributed by atoms with Crippen LogP contribution in [-0.4, -0.2) is 82.3 Å². The Kier molecular flexibility index (Phi) is 15.5. The fourth-order valence-electron chi connectivity index (χ4n) is 4.68.